The van der Waals surface area contributed by atoms with Crippen molar-refractivity contribution in [3.63, 3.8) is 0 Å². The number of benzene rings is 2. The molecule has 7 heteroatoms. The van der Waals surface area contributed by atoms with Crippen molar-refractivity contribution in [2.45, 2.75) is 11.4 Å². The predicted molar refractivity (Wildman–Crippen MR) is 84.7 cm³/mol. The number of hydrogen-bond acceptors (Lipinski definition) is 5. The van der Waals surface area contributed by atoms with Crippen LogP contribution in [0.4, 0.5) is 5.82 Å². The van der Waals surface area contributed by atoms with Gasteiger partial charge in [0.05, 0.1) is 10.4 Å². The summed E-state index contributed by atoms with van der Waals surface area (Å²) in [5, 5.41) is 9.24. The van der Waals surface area contributed by atoms with Crippen molar-refractivity contribution in [1.82, 2.24) is 9.97 Å². The van der Waals surface area contributed by atoms with Crippen molar-refractivity contribution >= 4 is 26.7 Å². The molecule has 0 aliphatic carbocycles. The van der Waals surface area contributed by atoms with Crippen molar-refractivity contribution < 1.29 is 8.42 Å². The van der Waals surface area contributed by atoms with Crippen molar-refractivity contribution in [1.29, 1.82) is 0 Å². The topological polar surface area (TPSA) is 98.0 Å². The Hall–Kier alpha value is -2.51. The van der Waals surface area contributed by atoms with E-state index in [-0.39, 0.29) is 4.90 Å². The van der Waals surface area contributed by atoms with E-state index < -0.39 is 10.0 Å². The molecule has 3 N–H and O–H groups in total. The number of hydrogen-bond donors (Lipinski definition) is 2. The zero-order valence-corrected chi connectivity index (χ0v) is 12.4. The average molecular weight is 314 g/mol. The molecule has 0 saturated carbocycles. The Balaban J connectivity index is 1.86. The van der Waals surface area contributed by atoms with E-state index in [9.17, 15) is 8.42 Å². The smallest absolute Gasteiger partial charge is 0.238 e. The zero-order valence-electron chi connectivity index (χ0n) is 11.6. The van der Waals surface area contributed by atoms with Crippen LogP contribution in [0.5, 0.6) is 0 Å². The third-order valence-corrected chi connectivity index (χ3v) is 4.14. The summed E-state index contributed by atoms with van der Waals surface area (Å²) in [5.74, 6) is 0.701. The monoisotopic (exact) mass is 314 g/mol. The van der Waals surface area contributed by atoms with Crippen molar-refractivity contribution in [2.24, 2.45) is 5.14 Å². The molecule has 0 amide bonds. The third-order valence-electron chi connectivity index (χ3n) is 3.23. The standard InChI is InChI=1S/C15H14N4O2S/c16-22(20,21)12-5-3-4-11(8-12)9-17-15-13-6-1-2-7-14(13)18-10-19-15/h1-8,10H,9H2,(H2,16,20,21)(H,17,18,19). The lowest BCUT2D eigenvalue weighted by Gasteiger charge is -2.09. The van der Waals surface area contributed by atoms with Gasteiger partial charge in [-0.2, -0.15) is 0 Å². The van der Waals surface area contributed by atoms with Gasteiger partial charge in [-0.15, -0.1) is 0 Å². The van der Waals surface area contributed by atoms with Gasteiger partial charge < -0.3 is 5.32 Å². The number of anilines is 1. The van der Waals surface area contributed by atoms with Gasteiger partial charge in [0, 0.05) is 11.9 Å². The molecule has 112 valence electrons. The molecule has 0 aliphatic heterocycles. The molecule has 0 unspecified atom stereocenters. The highest BCUT2D eigenvalue weighted by atomic mass is 32.2. The molecule has 6 nitrogen and oxygen atoms in total. The first-order valence-corrected chi connectivity index (χ1v) is 8.14. The van der Waals surface area contributed by atoms with Gasteiger partial charge in [0.15, 0.2) is 0 Å². The summed E-state index contributed by atoms with van der Waals surface area (Å²) >= 11 is 0. The van der Waals surface area contributed by atoms with Crippen LogP contribution in [0.2, 0.25) is 0 Å². The average Bonchev–Trinajstić information content (AvgIpc) is 2.52. The predicted octanol–water partition coefficient (Wildman–Crippen LogP) is 1.89. The molecular weight excluding hydrogens is 300 g/mol. The highest BCUT2D eigenvalue weighted by Gasteiger charge is 2.08. The Morgan fingerprint density at radius 3 is 2.68 bits per heavy atom. The Bertz CT molecular complexity index is 920. The second-order valence-electron chi connectivity index (χ2n) is 4.79. The SMILES string of the molecule is NS(=O)(=O)c1cccc(CNc2ncnc3ccccc23)c1. The summed E-state index contributed by atoms with van der Waals surface area (Å²) in [7, 11) is -3.70. The van der Waals surface area contributed by atoms with E-state index in [4.69, 9.17) is 5.14 Å². The largest absolute Gasteiger partial charge is 0.365 e. The molecule has 0 fully saturated rings. The minimum atomic E-state index is -3.70. The minimum Gasteiger partial charge on any atom is -0.365 e. The molecular formula is C15H14N4O2S. The van der Waals surface area contributed by atoms with Crippen LogP contribution in [-0.4, -0.2) is 18.4 Å². The van der Waals surface area contributed by atoms with Crippen molar-refractivity contribution in [3.05, 3.63) is 60.4 Å². The maximum absolute atomic E-state index is 11.4. The first-order valence-electron chi connectivity index (χ1n) is 6.59. The molecule has 0 aliphatic rings. The van der Waals surface area contributed by atoms with E-state index in [0.29, 0.717) is 12.4 Å². The van der Waals surface area contributed by atoms with Crippen molar-refractivity contribution in [2.75, 3.05) is 5.32 Å². The summed E-state index contributed by atoms with van der Waals surface area (Å²) in [5.41, 5.74) is 1.65. The fraction of sp³-hybridized carbons (Fsp3) is 0.0667. The van der Waals surface area contributed by atoms with E-state index in [0.717, 1.165) is 16.5 Å². The molecule has 0 atom stereocenters. The zero-order chi connectivity index (χ0) is 15.6. The van der Waals surface area contributed by atoms with Crippen LogP contribution in [0.3, 0.4) is 0 Å². The Labute approximate surface area is 128 Å². The van der Waals surface area contributed by atoms with Crippen LogP contribution < -0.4 is 10.5 Å². The lowest BCUT2D eigenvalue weighted by molar-refractivity contribution is 0.597. The summed E-state index contributed by atoms with van der Waals surface area (Å²) in [6.07, 6.45) is 1.49. The molecule has 2 aromatic carbocycles. The number of nitrogens with one attached hydrogen (secondary N) is 1. The molecule has 3 aromatic rings. The van der Waals surface area contributed by atoms with Crippen LogP contribution in [0.25, 0.3) is 10.9 Å². The molecule has 0 radical (unpaired) electrons. The molecule has 1 heterocycles. The number of primary sulfonamides is 1. The Kier molecular flexibility index (Phi) is 3.74. The highest BCUT2D eigenvalue weighted by molar-refractivity contribution is 7.89. The van der Waals surface area contributed by atoms with Gasteiger partial charge in [-0.25, -0.2) is 23.5 Å². The van der Waals surface area contributed by atoms with Crippen LogP contribution >= 0.6 is 0 Å². The normalized spacial score (nSPS) is 11.5. The molecule has 22 heavy (non-hydrogen) atoms. The van der Waals surface area contributed by atoms with Gasteiger partial charge in [-0.3, -0.25) is 0 Å². The summed E-state index contributed by atoms with van der Waals surface area (Å²) < 4.78 is 22.7. The number of rotatable bonds is 4. The van der Waals surface area contributed by atoms with E-state index in [1.807, 2.05) is 30.3 Å². The van der Waals surface area contributed by atoms with E-state index in [1.54, 1.807) is 12.1 Å². The molecule has 1 aromatic heterocycles. The fourth-order valence-electron chi connectivity index (χ4n) is 2.16. The minimum absolute atomic E-state index is 0.0966. The number of sulfonamides is 1. The van der Waals surface area contributed by atoms with Gasteiger partial charge in [0.1, 0.15) is 12.1 Å². The van der Waals surface area contributed by atoms with Crippen LogP contribution in [0, 0.1) is 0 Å². The first-order chi connectivity index (χ1) is 10.5. The second-order valence-corrected chi connectivity index (χ2v) is 6.35. The number of nitrogens with two attached hydrogens (primary N) is 1. The van der Waals surface area contributed by atoms with Crippen molar-refractivity contribution in [3.8, 4) is 0 Å². The van der Waals surface area contributed by atoms with E-state index >= 15 is 0 Å². The van der Waals surface area contributed by atoms with Gasteiger partial charge in [0.2, 0.25) is 10.0 Å². The quantitative estimate of drug-likeness (QED) is 0.766. The second kappa shape index (κ2) is 5.70. The van der Waals surface area contributed by atoms with Crippen LogP contribution in [0.1, 0.15) is 5.56 Å². The Morgan fingerprint density at radius 1 is 1.05 bits per heavy atom. The maximum atomic E-state index is 11.4. The first kappa shape index (κ1) is 14.4. The van der Waals surface area contributed by atoms with Crippen LogP contribution in [-0.2, 0) is 16.6 Å². The fourth-order valence-corrected chi connectivity index (χ4v) is 2.75. The van der Waals surface area contributed by atoms with Crippen LogP contribution in [0.15, 0.2) is 59.8 Å². The van der Waals surface area contributed by atoms with Gasteiger partial charge in [-0.05, 0) is 29.8 Å². The van der Waals surface area contributed by atoms with E-state index in [2.05, 4.69) is 15.3 Å². The highest BCUT2D eigenvalue weighted by Crippen LogP contribution is 2.19. The molecule has 0 bridgehead atoms. The Morgan fingerprint density at radius 2 is 1.86 bits per heavy atom. The molecule has 0 saturated heterocycles. The van der Waals surface area contributed by atoms with Gasteiger partial charge in [0.25, 0.3) is 0 Å². The number of aromatic nitrogens is 2. The number of para-hydroxylation sites is 1. The van der Waals surface area contributed by atoms with Gasteiger partial charge >= 0.3 is 0 Å². The van der Waals surface area contributed by atoms with E-state index in [1.165, 1.54) is 12.4 Å². The lowest BCUT2D eigenvalue weighted by Crippen LogP contribution is -2.12. The lowest BCUT2D eigenvalue weighted by atomic mass is 10.2. The number of nitrogens with zero attached hydrogens (tertiary/aromatic N) is 2. The summed E-state index contributed by atoms with van der Waals surface area (Å²) in [4.78, 5) is 8.52. The summed E-state index contributed by atoms with van der Waals surface area (Å²) in [6.45, 7) is 0.435. The third kappa shape index (κ3) is 3.05. The number of fused-ring (bicyclic) bond motifs is 1. The summed E-state index contributed by atoms with van der Waals surface area (Å²) in [6, 6.07) is 14.2. The molecule has 0 spiro atoms. The van der Waals surface area contributed by atoms with Gasteiger partial charge in [-0.1, -0.05) is 24.3 Å². The molecule has 3 rings (SSSR count). The maximum Gasteiger partial charge on any atom is 0.238 e.